The second-order valence-corrected chi connectivity index (χ2v) is 3.53. The fraction of sp³-hybridized carbons (Fsp3) is 0.600. The van der Waals surface area contributed by atoms with Crippen molar-refractivity contribution in [1.29, 1.82) is 0 Å². The molecule has 1 saturated heterocycles. The van der Waals surface area contributed by atoms with Crippen molar-refractivity contribution < 1.29 is 14.7 Å². The van der Waals surface area contributed by atoms with E-state index in [1.54, 1.807) is 7.05 Å². The molecular formula is C10H14N2O3. The molecule has 0 aromatic rings. The highest BCUT2D eigenvalue weighted by molar-refractivity contribution is 5.83. The van der Waals surface area contributed by atoms with E-state index in [0.29, 0.717) is 13.0 Å². The quantitative estimate of drug-likeness (QED) is 0.663. The predicted octanol–water partition coefficient (Wildman–Crippen LogP) is 0.220. The summed E-state index contributed by atoms with van der Waals surface area (Å²) in [7, 11) is 1.57. The van der Waals surface area contributed by atoms with E-state index in [2.05, 4.69) is 5.92 Å². The Labute approximate surface area is 88.7 Å². The van der Waals surface area contributed by atoms with Gasteiger partial charge in [0, 0.05) is 13.6 Å². The monoisotopic (exact) mass is 210 g/mol. The van der Waals surface area contributed by atoms with Gasteiger partial charge in [0.1, 0.15) is 6.04 Å². The molecule has 0 bridgehead atoms. The van der Waals surface area contributed by atoms with Gasteiger partial charge in [0.25, 0.3) is 0 Å². The molecule has 0 saturated carbocycles. The molecule has 82 valence electrons. The van der Waals surface area contributed by atoms with Crippen molar-refractivity contribution in [3.05, 3.63) is 0 Å². The van der Waals surface area contributed by atoms with Crippen LogP contribution in [0.15, 0.2) is 0 Å². The molecule has 5 nitrogen and oxygen atoms in total. The molecule has 0 aromatic carbocycles. The van der Waals surface area contributed by atoms with Gasteiger partial charge in [-0.2, -0.15) is 0 Å². The molecule has 0 aliphatic carbocycles. The number of nitrogens with zero attached hydrogens (tertiary/aromatic N) is 2. The molecule has 1 atom stereocenters. The van der Waals surface area contributed by atoms with Crippen LogP contribution in [0.5, 0.6) is 0 Å². The van der Waals surface area contributed by atoms with Gasteiger partial charge in [-0.3, -0.25) is 0 Å². The number of aliphatic carboxylic acids is 1. The molecule has 0 radical (unpaired) electrons. The molecule has 1 rings (SSSR count). The Kier molecular flexibility index (Phi) is 3.56. The molecule has 15 heavy (non-hydrogen) atoms. The molecule has 0 spiro atoms. The lowest BCUT2D eigenvalue weighted by molar-refractivity contribution is -0.141. The van der Waals surface area contributed by atoms with Crippen molar-refractivity contribution >= 4 is 12.0 Å². The van der Waals surface area contributed by atoms with Gasteiger partial charge in [0.15, 0.2) is 0 Å². The second kappa shape index (κ2) is 4.69. The minimum absolute atomic E-state index is 0.196. The van der Waals surface area contributed by atoms with Crippen molar-refractivity contribution in [3.63, 3.8) is 0 Å². The SMILES string of the molecule is C#CCN(C)C(=O)N1CCCC1C(=O)O. The highest BCUT2D eigenvalue weighted by Crippen LogP contribution is 2.18. The van der Waals surface area contributed by atoms with E-state index in [4.69, 9.17) is 11.5 Å². The van der Waals surface area contributed by atoms with Crippen molar-refractivity contribution in [2.45, 2.75) is 18.9 Å². The van der Waals surface area contributed by atoms with E-state index in [9.17, 15) is 9.59 Å². The van der Waals surface area contributed by atoms with Crippen LogP contribution in [-0.4, -0.2) is 53.1 Å². The summed E-state index contributed by atoms with van der Waals surface area (Å²) in [5, 5.41) is 8.89. The number of hydrogen-bond donors (Lipinski definition) is 1. The van der Waals surface area contributed by atoms with Gasteiger partial charge in [0.05, 0.1) is 6.54 Å². The Morgan fingerprint density at radius 2 is 2.33 bits per heavy atom. The Morgan fingerprint density at radius 3 is 2.87 bits per heavy atom. The molecule has 1 aliphatic rings. The zero-order chi connectivity index (χ0) is 11.4. The smallest absolute Gasteiger partial charge is 0.326 e. The number of terminal acetylenes is 1. The summed E-state index contributed by atoms with van der Waals surface area (Å²) in [5.41, 5.74) is 0. The van der Waals surface area contributed by atoms with Crippen LogP contribution in [-0.2, 0) is 4.79 Å². The number of carboxylic acid groups (broad SMARTS) is 1. The molecule has 2 amide bonds. The van der Waals surface area contributed by atoms with E-state index in [-0.39, 0.29) is 12.6 Å². The van der Waals surface area contributed by atoms with E-state index in [0.717, 1.165) is 6.42 Å². The van der Waals surface area contributed by atoms with Gasteiger partial charge in [0.2, 0.25) is 0 Å². The normalized spacial score (nSPS) is 19.7. The lowest BCUT2D eigenvalue weighted by Gasteiger charge is -2.26. The van der Waals surface area contributed by atoms with E-state index >= 15 is 0 Å². The minimum Gasteiger partial charge on any atom is -0.480 e. The van der Waals surface area contributed by atoms with Gasteiger partial charge >= 0.3 is 12.0 Å². The van der Waals surface area contributed by atoms with Gasteiger partial charge in [-0.1, -0.05) is 5.92 Å². The number of hydrogen-bond acceptors (Lipinski definition) is 2. The number of amides is 2. The van der Waals surface area contributed by atoms with Crippen LogP contribution in [0.2, 0.25) is 0 Å². The molecular weight excluding hydrogens is 196 g/mol. The van der Waals surface area contributed by atoms with Gasteiger partial charge in [-0.05, 0) is 12.8 Å². The third-order valence-electron chi connectivity index (χ3n) is 2.44. The van der Waals surface area contributed by atoms with Crippen LogP contribution in [0.25, 0.3) is 0 Å². The highest BCUT2D eigenvalue weighted by atomic mass is 16.4. The molecule has 1 unspecified atom stereocenters. The maximum atomic E-state index is 11.7. The average Bonchev–Trinajstić information content (AvgIpc) is 2.65. The first-order chi connectivity index (χ1) is 7.07. The van der Waals surface area contributed by atoms with Crippen molar-refractivity contribution in [2.24, 2.45) is 0 Å². The molecule has 5 heteroatoms. The summed E-state index contributed by atoms with van der Waals surface area (Å²) < 4.78 is 0. The van der Waals surface area contributed by atoms with E-state index in [1.807, 2.05) is 0 Å². The lowest BCUT2D eigenvalue weighted by atomic mass is 10.2. The Morgan fingerprint density at radius 1 is 1.67 bits per heavy atom. The Bertz CT molecular complexity index is 308. The summed E-state index contributed by atoms with van der Waals surface area (Å²) >= 11 is 0. The summed E-state index contributed by atoms with van der Waals surface area (Å²) in [6, 6.07) is -1.00. The number of carboxylic acids is 1. The largest absolute Gasteiger partial charge is 0.480 e. The third-order valence-corrected chi connectivity index (χ3v) is 2.44. The average molecular weight is 210 g/mol. The van der Waals surface area contributed by atoms with Gasteiger partial charge in [-0.25, -0.2) is 9.59 Å². The molecule has 1 aliphatic heterocycles. The topological polar surface area (TPSA) is 60.9 Å². The van der Waals surface area contributed by atoms with Crippen LogP contribution >= 0.6 is 0 Å². The van der Waals surface area contributed by atoms with Crippen LogP contribution in [0, 0.1) is 12.3 Å². The second-order valence-electron chi connectivity index (χ2n) is 3.53. The number of carbonyl (C=O) groups is 2. The summed E-state index contributed by atoms with van der Waals surface area (Å²) in [6.07, 6.45) is 6.33. The van der Waals surface area contributed by atoms with E-state index < -0.39 is 12.0 Å². The summed E-state index contributed by atoms with van der Waals surface area (Å²) in [5.74, 6) is 1.40. The lowest BCUT2D eigenvalue weighted by Crippen LogP contribution is -2.46. The fourth-order valence-corrected chi connectivity index (χ4v) is 1.68. The Hall–Kier alpha value is -1.70. The van der Waals surface area contributed by atoms with Crippen molar-refractivity contribution in [2.75, 3.05) is 20.1 Å². The predicted molar refractivity (Wildman–Crippen MR) is 54.2 cm³/mol. The number of rotatable bonds is 2. The maximum absolute atomic E-state index is 11.7. The molecule has 1 fully saturated rings. The zero-order valence-corrected chi connectivity index (χ0v) is 8.64. The van der Waals surface area contributed by atoms with Gasteiger partial charge < -0.3 is 14.9 Å². The number of likely N-dealkylation sites (tertiary alicyclic amines) is 1. The minimum atomic E-state index is -0.949. The summed E-state index contributed by atoms with van der Waals surface area (Å²) in [4.78, 5) is 25.3. The standard InChI is InChI=1S/C10H14N2O3/c1-3-6-11(2)10(15)12-7-4-5-8(12)9(13)14/h1,8H,4-7H2,2H3,(H,13,14). The van der Waals surface area contributed by atoms with Gasteiger partial charge in [-0.15, -0.1) is 6.42 Å². The first-order valence-corrected chi connectivity index (χ1v) is 4.76. The highest BCUT2D eigenvalue weighted by Gasteiger charge is 2.35. The van der Waals surface area contributed by atoms with Crippen LogP contribution in [0.1, 0.15) is 12.8 Å². The summed E-state index contributed by atoms with van der Waals surface area (Å²) in [6.45, 7) is 0.687. The third kappa shape index (κ3) is 2.40. The van der Waals surface area contributed by atoms with Crippen molar-refractivity contribution in [3.8, 4) is 12.3 Å². The fourth-order valence-electron chi connectivity index (χ4n) is 1.68. The zero-order valence-electron chi connectivity index (χ0n) is 8.64. The Balaban J connectivity index is 2.67. The number of urea groups is 1. The molecule has 1 heterocycles. The first-order valence-electron chi connectivity index (χ1n) is 4.76. The van der Waals surface area contributed by atoms with Crippen LogP contribution in [0.4, 0.5) is 4.79 Å². The number of carbonyl (C=O) groups excluding carboxylic acids is 1. The maximum Gasteiger partial charge on any atom is 0.326 e. The molecule has 0 aromatic heterocycles. The van der Waals surface area contributed by atoms with Crippen LogP contribution < -0.4 is 0 Å². The van der Waals surface area contributed by atoms with Crippen molar-refractivity contribution in [1.82, 2.24) is 9.80 Å². The van der Waals surface area contributed by atoms with E-state index in [1.165, 1.54) is 9.80 Å². The molecule has 1 N–H and O–H groups in total. The first kappa shape index (κ1) is 11.4. The van der Waals surface area contributed by atoms with Crippen LogP contribution in [0.3, 0.4) is 0 Å².